The first-order valence-corrected chi connectivity index (χ1v) is 5.52. The van der Waals surface area contributed by atoms with Crippen molar-refractivity contribution < 1.29 is 4.39 Å². The van der Waals surface area contributed by atoms with E-state index in [4.69, 9.17) is 0 Å². The molecule has 0 fully saturated rings. The molecule has 0 unspecified atom stereocenters. The van der Waals surface area contributed by atoms with E-state index in [1.807, 2.05) is 0 Å². The number of aromatic nitrogens is 3. The van der Waals surface area contributed by atoms with E-state index >= 15 is 0 Å². The third kappa shape index (κ3) is 3.61. The van der Waals surface area contributed by atoms with Crippen LogP contribution >= 0.6 is 0 Å². The van der Waals surface area contributed by atoms with Gasteiger partial charge in [-0.1, -0.05) is 44.4 Å². The second kappa shape index (κ2) is 4.73. The molecule has 4 heteroatoms. The second-order valence-corrected chi connectivity index (χ2v) is 5.14. The van der Waals surface area contributed by atoms with Crippen LogP contribution in [0, 0.1) is 11.4 Å². The Morgan fingerprint density at radius 2 is 2.00 bits per heavy atom. The minimum absolute atomic E-state index is 0.0620. The normalized spacial score (nSPS) is 12.1. The molecule has 0 atom stereocenters. The topological polar surface area (TPSA) is 30.7 Å². The van der Waals surface area contributed by atoms with Crippen molar-refractivity contribution in [1.82, 2.24) is 15.0 Å². The van der Waals surface area contributed by atoms with Gasteiger partial charge in [0.1, 0.15) is 0 Å². The summed E-state index contributed by atoms with van der Waals surface area (Å²) in [7, 11) is 0. The molecule has 3 nitrogen and oxygen atoms in total. The largest absolute Gasteiger partial charge is 0.255 e. The lowest BCUT2D eigenvalue weighted by Crippen LogP contribution is -2.15. The maximum Gasteiger partial charge on any atom is 0.255 e. The van der Waals surface area contributed by atoms with Gasteiger partial charge in [0.05, 0.1) is 5.69 Å². The molecule has 0 bridgehead atoms. The van der Waals surface area contributed by atoms with Gasteiger partial charge in [-0.3, -0.25) is 0 Å². The smallest absolute Gasteiger partial charge is 0.246 e. The van der Waals surface area contributed by atoms with E-state index in [1.165, 1.54) is 0 Å². The Kier molecular flexibility index (Phi) is 3.83. The van der Waals surface area contributed by atoms with Crippen LogP contribution < -0.4 is 0 Å². The maximum atomic E-state index is 13.4. The van der Waals surface area contributed by atoms with Gasteiger partial charge in [-0.15, -0.1) is 0 Å². The van der Waals surface area contributed by atoms with Crippen molar-refractivity contribution in [3.8, 4) is 0 Å². The van der Waals surface area contributed by atoms with Gasteiger partial charge in [0.15, 0.2) is 0 Å². The van der Waals surface area contributed by atoms with Crippen molar-refractivity contribution in [3.63, 3.8) is 0 Å². The molecule has 0 aliphatic rings. The molecular formula is C11H20FN3. The third-order valence-corrected chi connectivity index (χ3v) is 2.21. The molecule has 0 aromatic carbocycles. The van der Waals surface area contributed by atoms with Gasteiger partial charge in [0, 0.05) is 6.54 Å². The van der Waals surface area contributed by atoms with Crippen LogP contribution in [0.15, 0.2) is 0 Å². The molecule has 0 N–H and O–H groups in total. The van der Waals surface area contributed by atoms with Gasteiger partial charge in [-0.25, -0.2) is 4.68 Å². The Balaban J connectivity index is 2.80. The lowest BCUT2D eigenvalue weighted by Gasteiger charge is -2.18. The zero-order chi connectivity index (χ0) is 11.5. The highest BCUT2D eigenvalue weighted by Crippen LogP contribution is 2.21. The molecule has 1 heterocycles. The summed E-state index contributed by atoms with van der Waals surface area (Å²) in [5.74, 6) is -0.416. The molecular weight excluding hydrogens is 193 g/mol. The fourth-order valence-corrected chi connectivity index (χ4v) is 1.47. The van der Waals surface area contributed by atoms with Gasteiger partial charge in [-0.05, 0) is 18.3 Å². The highest BCUT2D eigenvalue weighted by molar-refractivity contribution is 5.00. The van der Waals surface area contributed by atoms with Crippen molar-refractivity contribution in [2.45, 2.75) is 53.5 Å². The fraction of sp³-hybridized carbons (Fsp3) is 0.818. The van der Waals surface area contributed by atoms with Gasteiger partial charge in [-0.2, -0.15) is 4.39 Å². The minimum Gasteiger partial charge on any atom is -0.246 e. The molecule has 15 heavy (non-hydrogen) atoms. The van der Waals surface area contributed by atoms with Crippen LogP contribution in [0.1, 0.15) is 46.2 Å². The van der Waals surface area contributed by atoms with Crippen LogP contribution in [0.25, 0.3) is 0 Å². The van der Waals surface area contributed by atoms with Crippen LogP contribution in [0.3, 0.4) is 0 Å². The number of rotatable bonds is 4. The summed E-state index contributed by atoms with van der Waals surface area (Å²) < 4.78 is 15.1. The number of hydrogen-bond acceptors (Lipinski definition) is 2. The molecule has 0 amide bonds. The predicted octanol–water partition coefficient (Wildman–Crippen LogP) is 2.81. The Bertz CT molecular complexity index is 312. The monoisotopic (exact) mass is 213 g/mol. The Labute approximate surface area is 90.7 Å². The zero-order valence-electron chi connectivity index (χ0n) is 10.0. The lowest BCUT2D eigenvalue weighted by atomic mass is 9.90. The number of unbranched alkanes of at least 4 members (excludes halogenated alkanes) is 1. The zero-order valence-corrected chi connectivity index (χ0v) is 10.0. The van der Waals surface area contributed by atoms with Crippen LogP contribution in [0.4, 0.5) is 4.39 Å². The molecule has 0 saturated heterocycles. The first-order valence-electron chi connectivity index (χ1n) is 5.52. The van der Waals surface area contributed by atoms with Crippen LogP contribution in [0.2, 0.25) is 0 Å². The number of nitrogens with zero attached hydrogens (tertiary/aromatic N) is 3. The average Bonchev–Trinajstić information content (AvgIpc) is 2.43. The van der Waals surface area contributed by atoms with Crippen molar-refractivity contribution in [1.29, 1.82) is 0 Å². The summed E-state index contributed by atoms with van der Waals surface area (Å²) in [5.41, 5.74) is 0.697. The minimum atomic E-state index is -0.416. The highest BCUT2D eigenvalue weighted by Gasteiger charge is 2.19. The number of halogens is 1. The summed E-state index contributed by atoms with van der Waals surface area (Å²) in [6.07, 6.45) is 2.77. The van der Waals surface area contributed by atoms with Gasteiger partial charge < -0.3 is 0 Å². The average molecular weight is 213 g/mol. The third-order valence-electron chi connectivity index (χ3n) is 2.21. The van der Waals surface area contributed by atoms with Crippen molar-refractivity contribution in [3.05, 3.63) is 11.6 Å². The Morgan fingerprint density at radius 3 is 2.53 bits per heavy atom. The van der Waals surface area contributed by atoms with Crippen molar-refractivity contribution >= 4 is 0 Å². The first kappa shape index (κ1) is 12.1. The summed E-state index contributed by atoms with van der Waals surface area (Å²) in [5, 5.41) is 7.33. The predicted molar refractivity (Wildman–Crippen MR) is 58.0 cm³/mol. The Hall–Kier alpha value is -0.930. The summed E-state index contributed by atoms with van der Waals surface area (Å²) in [4.78, 5) is 0. The maximum absolute atomic E-state index is 13.4. The molecule has 0 aliphatic carbocycles. The van der Waals surface area contributed by atoms with Gasteiger partial charge >= 0.3 is 0 Å². The standard InChI is InChI=1S/C11H20FN3/c1-5-6-7-15-9(8-11(2,3)4)10(12)13-14-15/h5-8H2,1-4H3. The molecule has 0 aliphatic heterocycles. The van der Waals surface area contributed by atoms with Gasteiger partial charge in [0.2, 0.25) is 0 Å². The van der Waals surface area contributed by atoms with E-state index in [0.717, 1.165) is 19.4 Å². The molecule has 1 rings (SSSR count). The summed E-state index contributed by atoms with van der Waals surface area (Å²) in [6, 6.07) is 0. The molecule has 1 aromatic heterocycles. The molecule has 86 valence electrons. The highest BCUT2D eigenvalue weighted by atomic mass is 19.1. The lowest BCUT2D eigenvalue weighted by molar-refractivity contribution is 0.380. The quantitative estimate of drug-likeness (QED) is 0.770. The number of hydrogen-bond donors (Lipinski definition) is 0. The number of aryl methyl sites for hydroxylation is 1. The van der Waals surface area contributed by atoms with E-state index in [-0.39, 0.29) is 5.41 Å². The second-order valence-electron chi connectivity index (χ2n) is 5.14. The van der Waals surface area contributed by atoms with Crippen LogP contribution in [0.5, 0.6) is 0 Å². The molecule has 0 radical (unpaired) electrons. The van der Waals surface area contributed by atoms with E-state index in [2.05, 4.69) is 38.0 Å². The van der Waals surface area contributed by atoms with E-state index in [1.54, 1.807) is 4.68 Å². The molecule has 0 saturated carbocycles. The first-order chi connectivity index (χ1) is 6.94. The SMILES string of the molecule is CCCCn1nnc(F)c1CC(C)(C)C. The van der Waals surface area contributed by atoms with Gasteiger partial charge in [0.25, 0.3) is 5.95 Å². The molecule has 0 spiro atoms. The van der Waals surface area contributed by atoms with E-state index < -0.39 is 5.95 Å². The Morgan fingerprint density at radius 1 is 1.33 bits per heavy atom. The van der Waals surface area contributed by atoms with Crippen LogP contribution in [-0.2, 0) is 13.0 Å². The van der Waals surface area contributed by atoms with Crippen molar-refractivity contribution in [2.75, 3.05) is 0 Å². The fourth-order valence-electron chi connectivity index (χ4n) is 1.47. The van der Waals surface area contributed by atoms with E-state index in [9.17, 15) is 4.39 Å². The summed E-state index contributed by atoms with van der Waals surface area (Å²) >= 11 is 0. The van der Waals surface area contributed by atoms with Crippen LogP contribution in [-0.4, -0.2) is 15.0 Å². The summed E-state index contributed by atoms with van der Waals surface area (Å²) in [6.45, 7) is 9.13. The van der Waals surface area contributed by atoms with E-state index in [0.29, 0.717) is 12.1 Å². The molecule has 1 aromatic rings. The van der Waals surface area contributed by atoms with Crippen molar-refractivity contribution in [2.24, 2.45) is 5.41 Å².